The van der Waals surface area contributed by atoms with Crippen molar-refractivity contribution < 1.29 is 29.2 Å². The van der Waals surface area contributed by atoms with Crippen LogP contribution < -0.4 is 9.47 Å². The van der Waals surface area contributed by atoms with Crippen molar-refractivity contribution in [2.75, 3.05) is 0 Å². The average molecular weight is 390 g/mol. The maximum absolute atomic E-state index is 10.6. The fourth-order valence-corrected chi connectivity index (χ4v) is 2.91. The van der Waals surface area contributed by atoms with Crippen LogP contribution in [0.4, 0.5) is 0 Å². The Morgan fingerprint density at radius 2 is 1.63 bits per heavy atom. The predicted molar refractivity (Wildman–Crippen MR) is 103 cm³/mol. The van der Waals surface area contributed by atoms with Crippen molar-refractivity contribution in [3.05, 3.63) is 60.2 Å². The van der Waals surface area contributed by atoms with Gasteiger partial charge in [-0.1, -0.05) is 35.9 Å². The van der Waals surface area contributed by atoms with E-state index in [2.05, 4.69) is 0 Å². The van der Waals surface area contributed by atoms with Crippen molar-refractivity contribution in [1.82, 2.24) is 0 Å². The van der Waals surface area contributed by atoms with Crippen LogP contribution in [0.5, 0.6) is 11.5 Å². The van der Waals surface area contributed by atoms with Crippen molar-refractivity contribution in [2.45, 2.75) is 44.6 Å². The Bertz CT molecular complexity index is 751. The first kappa shape index (κ1) is 19.6. The standard InChI is InChI=1S/C20H22O6S/c1-12-8-10-15(11-9-12)25-20(27)26-18-16(21)13(2)23-19(17(18)22)24-14-6-4-3-5-7-14/h3-11,13,16-19,21-22H,1-2H3/t13-,16+,17-,18+,19+/m0/s1. The van der Waals surface area contributed by atoms with Gasteiger partial charge in [0.2, 0.25) is 6.29 Å². The summed E-state index contributed by atoms with van der Waals surface area (Å²) in [5.41, 5.74) is 1.08. The summed E-state index contributed by atoms with van der Waals surface area (Å²) >= 11 is 5.11. The molecule has 6 nitrogen and oxygen atoms in total. The van der Waals surface area contributed by atoms with Crippen LogP contribution in [0.2, 0.25) is 0 Å². The average Bonchev–Trinajstić information content (AvgIpc) is 2.66. The Morgan fingerprint density at radius 3 is 2.30 bits per heavy atom. The number of thiocarbonyl (C=S) groups is 1. The third kappa shape index (κ3) is 4.95. The van der Waals surface area contributed by atoms with Crippen molar-refractivity contribution in [1.29, 1.82) is 0 Å². The summed E-state index contributed by atoms with van der Waals surface area (Å²) in [6.45, 7) is 3.62. The van der Waals surface area contributed by atoms with Crippen molar-refractivity contribution in [2.24, 2.45) is 0 Å². The highest BCUT2D eigenvalue weighted by atomic mass is 32.1. The molecule has 0 bridgehead atoms. The normalized spacial score (nSPS) is 27.6. The second-order valence-electron chi connectivity index (χ2n) is 6.37. The number of aryl methyl sites for hydroxylation is 1. The third-order valence-electron chi connectivity index (χ3n) is 4.23. The van der Waals surface area contributed by atoms with E-state index < -0.39 is 30.7 Å². The molecule has 5 atom stereocenters. The molecule has 0 radical (unpaired) electrons. The van der Waals surface area contributed by atoms with Crippen LogP contribution >= 0.6 is 12.2 Å². The number of ether oxygens (including phenoxy) is 4. The van der Waals surface area contributed by atoms with E-state index in [9.17, 15) is 10.2 Å². The van der Waals surface area contributed by atoms with E-state index in [0.29, 0.717) is 11.5 Å². The van der Waals surface area contributed by atoms with E-state index in [1.165, 1.54) is 0 Å². The molecule has 27 heavy (non-hydrogen) atoms. The number of rotatable bonds is 4. The highest BCUT2D eigenvalue weighted by Crippen LogP contribution is 2.26. The fourth-order valence-electron chi connectivity index (χ4n) is 2.70. The summed E-state index contributed by atoms with van der Waals surface area (Å²) in [6.07, 6.45) is -5.07. The topological polar surface area (TPSA) is 77.4 Å². The molecular weight excluding hydrogens is 368 g/mol. The van der Waals surface area contributed by atoms with E-state index in [1.54, 1.807) is 43.3 Å². The second-order valence-corrected chi connectivity index (χ2v) is 6.70. The molecule has 2 aromatic rings. The van der Waals surface area contributed by atoms with Gasteiger partial charge in [0.15, 0.2) is 12.2 Å². The summed E-state index contributed by atoms with van der Waals surface area (Å²) in [7, 11) is 0. The van der Waals surface area contributed by atoms with E-state index in [-0.39, 0.29) is 5.24 Å². The van der Waals surface area contributed by atoms with Crippen LogP contribution in [0.3, 0.4) is 0 Å². The van der Waals surface area contributed by atoms with Crippen molar-refractivity contribution in [3.8, 4) is 11.5 Å². The van der Waals surface area contributed by atoms with Gasteiger partial charge in [0.25, 0.3) is 0 Å². The summed E-state index contributed by atoms with van der Waals surface area (Å²) in [5.74, 6) is 1.04. The fraction of sp³-hybridized carbons (Fsp3) is 0.350. The molecule has 1 fully saturated rings. The molecule has 0 amide bonds. The predicted octanol–water partition coefficient (Wildman–Crippen LogP) is 2.59. The highest BCUT2D eigenvalue weighted by molar-refractivity contribution is 7.79. The van der Waals surface area contributed by atoms with E-state index in [1.807, 2.05) is 25.1 Å². The zero-order chi connectivity index (χ0) is 19.4. The summed E-state index contributed by atoms with van der Waals surface area (Å²) in [5, 5.41) is 20.7. The number of aliphatic hydroxyl groups is 2. The highest BCUT2D eigenvalue weighted by Gasteiger charge is 2.46. The molecule has 0 aliphatic carbocycles. The van der Waals surface area contributed by atoms with Gasteiger partial charge in [-0.2, -0.15) is 0 Å². The van der Waals surface area contributed by atoms with E-state index in [4.69, 9.17) is 31.2 Å². The van der Waals surface area contributed by atoms with E-state index in [0.717, 1.165) is 5.56 Å². The molecule has 0 aromatic heterocycles. The van der Waals surface area contributed by atoms with Gasteiger partial charge in [-0.05, 0) is 38.1 Å². The lowest BCUT2D eigenvalue weighted by molar-refractivity contribution is -0.266. The number of para-hydroxylation sites is 1. The monoisotopic (exact) mass is 390 g/mol. The lowest BCUT2D eigenvalue weighted by Crippen LogP contribution is -2.59. The van der Waals surface area contributed by atoms with Crippen LogP contribution in [0.15, 0.2) is 54.6 Å². The van der Waals surface area contributed by atoms with Crippen molar-refractivity contribution in [3.63, 3.8) is 0 Å². The molecule has 2 aromatic carbocycles. The minimum absolute atomic E-state index is 0.200. The first-order valence-corrected chi connectivity index (χ1v) is 9.03. The smallest absolute Gasteiger partial charge is 0.358 e. The summed E-state index contributed by atoms with van der Waals surface area (Å²) in [6, 6.07) is 16.2. The number of hydrogen-bond donors (Lipinski definition) is 2. The van der Waals surface area contributed by atoms with Gasteiger partial charge in [-0.3, -0.25) is 0 Å². The van der Waals surface area contributed by atoms with Crippen LogP contribution in [0.1, 0.15) is 12.5 Å². The Hall–Kier alpha value is -2.19. The molecule has 1 aliphatic heterocycles. The molecular formula is C20H22O6S. The van der Waals surface area contributed by atoms with Crippen LogP contribution in [0, 0.1) is 6.92 Å². The van der Waals surface area contributed by atoms with Gasteiger partial charge in [-0.15, -0.1) is 0 Å². The second kappa shape index (κ2) is 8.67. The molecule has 2 N–H and O–H groups in total. The lowest BCUT2D eigenvalue weighted by atomic mass is 10.00. The third-order valence-corrected chi connectivity index (χ3v) is 4.41. The quantitative estimate of drug-likeness (QED) is 0.777. The Balaban J connectivity index is 1.66. The maximum atomic E-state index is 10.6. The molecule has 3 rings (SSSR count). The molecule has 1 heterocycles. The van der Waals surface area contributed by atoms with Gasteiger partial charge in [0.1, 0.15) is 17.6 Å². The molecule has 7 heteroatoms. The van der Waals surface area contributed by atoms with Gasteiger partial charge in [0, 0.05) is 12.2 Å². The SMILES string of the molecule is Cc1ccc(OC(=S)O[C@H]2[C@H](O)[C@@H](Oc3ccccc3)O[C@@H](C)[C@H]2O)cc1. The van der Waals surface area contributed by atoms with Gasteiger partial charge < -0.3 is 29.2 Å². The summed E-state index contributed by atoms with van der Waals surface area (Å²) < 4.78 is 22.3. The number of hydrogen-bond acceptors (Lipinski definition) is 7. The minimum atomic E-state index is -1.27. The molecule has 0 saturated carbocycles. The minimum Gasteiger partial charge on any atom is -0.462 e. The van der Waals surface area contributed by atoms with Gasteiger partial charge in [0.05, 0.1) is 6.10 Å². The molecule has 0 spiro atoms. The zero-order valence-corrected chi connectivity index (χ0v) is 15.8. The molecule has 0 unspecified atom stereocenters. The first-order chi connectivity index (χ1) is 12.9. The number of benzene rings is 2. The molecule has 1 saturated heterocycles. The molecule has 144 valence electrons. The van der Waals surface area contributed by atoms with Gasteiger partial charge >= 0.3 is 5.24 Å². The number of aliphatic hydroxyl groups excluding tert-OH is 2. The van der Waals surface area contributed by atoms with Crippen LogP contribution in [0.25, 0.3) is 0 Å². The van der Waals surface area contributed by atoms with Crippen LogP contribution in [-0.4, -0.2) is 46.2 Å². The Kier molecular flexibility index (Phi) is 6.28. The molecule has 1 aliphatic rings. The Labute approximate surface area is 163 Å². The van der Waals surface area contributed by atoms with Crippen LogP contribution in [-0.2, 0) is 9.47 Å². The lowest BCUT2D eigenvalue weighted by Gasteiger charge is -2.40. The summed E-state index contributed by atoms with van der Waals surface area (Å²) in [4.78, 5) is 0. The maximum Gasteiger partial charge on any atom is 0.358 e. The first-order valence-electron chi connectivity index (χ1n) is 8.62. The van der Waals surface area contributed by atoms with E-state index >= 15 is 0 Å². The van der Waals surface area contributed by atoms with Crippen molar-refractivity contribution >= 4 is 17.5 Å². The van der Waals surface area contributed by atoms with Gasteiger partial charge in [-0.25, -0.2) is 0 Å². The largest absolute Gasteiger partial charge is 0.462 e. The Morgan fingerprint density at radius 1 is 0.963 bits per heavy atom. The zero-order valence-electron chi connectivity index (χ0n) is 15.0.